The first-order valence-corrected chi connectivity index (χ1v) is 4.74. The van der Waals surface area contributed by atoms with Gasteiger partial charge in [-0.2, -0.15) is 0 Å². The number of aromatic nitrogens is 1. The van der Waals surface area contributed by atoms with E-state index < -0.39 is 0 Å². The molecule has 1 aromatic carbocycles. The summed E-state index contributed by atoms with van der Waals surface area (Å²) in [7, 11) is 1.62. The molecule has 0 saturated carbocycles. The van der Waals surface area contributed by atoms with Gasteiger partial charge in [0, 0.05) is 12.6 Å². The van der Waals surface area contributed by atoms with E-state index >= 15 is 0 Å². The fourth-order valence-electron chi connectivity index (χ4n) is 1.14. The van der Waals surface area contributed by atoms with Gasteiger partial charge in [0.05, 0.1) is 15.7 Å². The normalized spacial score (nSPS) is 10.2. The number of rotatable bonds is 1. The Hall–Kier alpha value is -1.42. The van der Waals surface area contributed by atoms with Crippen LogP contribution in [-0.2, 0) is 0 Å². The van der Waals surface area contributed by atoms with E-state index in [2.05, 4.69) is 10.3 Å². The second-order valence-electron chi connectivity index (χ2n) is 2.61. The summed E-state index contributed by atoms with van der Waals surface area (Å²) in [6.07, 6.45) is 0. The van der Waals surface area contributed by atoms with Crippen molar-refractivity contribution in [3.05, 3.63) is 29.3 Å². The van der Waals surface area contributed by atoms with E-state index in [1.165, 1.54) is 11.3 Å². The first kappa shape index (κ1) is 8.19. The number of carbonyl (C=O) groups is 1. The summed E-state index contributed by atoms with van der Waals surface area (Å²) < 4.78 is 1.04. The predicted octanol–water partition coefficient (Wildman–Crippen LogP) is 1.66. The van der Waals surface area contributed by atoms with Gasteiger partial charge in [-0.1, -0.05) is 0 Å². The maximum absolute atomic E-state index is 11.3. The fraction of sp³-hybridized carbons (Fsp3) is 0.111. The minimum absolute atomic E-state index is 0.0599. The van der Waals surface area contributed by atoms with Crippen LogP contribution >= 0.6 is 11.3 Å². The smallest absolute Gasteiger partial charge is 0.251 e. The molecule has 66 valence electrons. The minimum atomic E-state index is -0.0599. The Morgan fingerprint density at radius 3 is 3.15 bits per heavy atom. The van der Waals surface area contributed by atoms with Crippen molar-refractivity contribution in [3.63, 3.8) is 0 Å². The van der Waals surface area contributed by atoms with Crippen LogP contribution in [0.15, 0.2) is 23.7 Å². The molecule has 2 rings (SSSR count). The highest BCUT2D eigenvalue weighted by Gasteiger charge is 2.04. The predicted molar refractivity (Wildman–Crippen MR) is 53.0 cm³/mol. The zero-order valence-corrected chi connectivity index (χ0v) is 7.89. The van der Waals surface area contributed by atoms with Crippen molar-refractivity contribution in [2.75, 3.05) is 7.05 Å². The van der Waals surface area contributed by atoms with Crippen molar-refractivity contribution in [1.29, 1.82) is 0 Å². The largest absolute Gasteiger partial charge is 0.355 e. The molecule has 0 unspecified atom stereocenters. The maximum Gasteiger partial charge on any atom is 0.251 e. The average Bonchev–Trinajstić information content (AvgIpc) is 2.63. The van der Waals surface area contributed by atoms with Crippen molar-refractivity contribution >= 4 is 27.5 Å². The Bertz CT molecular complexity index is 450. The van der Waals surface area contributed by atoms with E-state index in [9.17, 15) is 4.79 Å². The molecule has 0 radical (unpaired) electrons. The molecule has 13 heavy (non-hydrogen) atoms. The summed E-state index contributed by atoms with van der Waals surface area (Å²) in [6, 6.07) is 5.49. The van der Waals surface area contributed by atoms with Gasteiger partial charge in [0.2, 0.25) is 0 Å². The summed E-state index contributed by atoms with van der Waals surface area (Å²) in [5.41, 5.74) is 3.40. The number of hydrogen-bond acceptors (Lipinski definition) is 3. The summed E-state index contributed by atoms with van der Waals surface area (Å²) in [5, 5.41) is 2.58. The first-order chi connectivity index (χ1) is 6.31. The number of nitrogens with zero attached hydrogens (tertiary/aromatic N) is 1. The topological polar surface area (TPSA) is 42.0 Å². The highest BCUT2D eigenvalue weighted by Crippen LogP contribution is 2.18. The van der Waals surface area contributed by atoms with E-state index in [4.69, 9.17) is 0 Å². The molecule has 0 aliphatic carbocycles. The van der Waals surface area contributed by atoms with E-state index in [1.54, 1.807) is 18.6 Å². The second-order valence-corrected chi connectivity index (χ2v) is 3.50. The van der Waals surface area contributed by atoms with Crippen molar-refractivity contribution in [3.8, 4) is 0 Å². The minimum Gasteiger partial charge on any atom is -0.355 e. The second kappa shape index (κ2) is 3.14. The summed E-state index contributed by atoms with van der Waals surface area (Å²) in [5.74, 6) is -0.0599. The number of hydrogen-bond donors (Lipinski definition) is 1. The summed E-state index contributed by atoms with van der Waals surface area (Å²) >= 11 is 1.54. The van der Waals surface area contributed by atoms with Crippen molar-refractivity contribution in [2.45, 2.75) is 0 Å². The molecule has 0 saturated heterocycles. The molecule has 3 nitrogen and oxygen atoms in total. The molecule has 0 bridgehead atoms. The van der Waals surface area contributed by atoms with Crippen LogP contribution in [0.3, 0.4) is 0 Å². The molecular weight excluding hydrogens is 184 g/mol. The van der Waals surface area contributed by atoms with Gasteiger partial charge in [0.1, 0.15) is 0 Å². The lowest BCUT2D eigenvalue weighted by molar-refractivity contribution is 0.0963. The number of carbonyl (C=O) groups excluding carboxylic acids is 1. The third-order valence-corrected chi connectivity index (χ3v) is 2.61. The molecule has 1 aromatic heterocycles. The first-order valence-electron chi connectivity index (χ1n) is 3.86. The van der Waals surface area contributed by atoms with Crippen molar-refractivity contribution in [1.82, 2.24) is 10.3 Å². The SMILES string of the molecule is CNC(=O)c1ccc2ncsc2c1. The van der Waals surface area contributed by atoms with Gasteiger partial charge in [0.15, 0.2) is 0 Å². The van der Waals surface area contributed by atoms with Crippen molar-refractivity contribution in [2.24, 2.45) is 0 Å². The molecular formula is C9H8N2OS. The Morgan fingerprint density at radius 1 is 1.54 bits per heavy atom. The van der Waals surface area contributed by atoms with E-state index in [1.807, 2.05) is 12.1 Å². The van der Waals surface area contributed by atoms with Crippen LogP contribution in [0, 0.1) is 0 Å². The third-order valence-electron chi connectivity index (χ3n) is 1.82. The van der Waals surface area contributed by atoms with Crippen LogP contribution in [0.25, 0.3) is 10.2 Å². The van der Waals surface area contributed by atoms with Crippen LogP contribution < -0.4 is 5.32 Å². The van der Waals surface area contributed by atoms with Gasteiger partial charge < -0.3 is 5.32 Å². The van der Waals surface area contributed by atoms with Gasteiger partial charge in [-0.05, 0) is 18.2 Å². The Morgan fingerprint density at radius 2 is 2.38 bits per heavy atom. The summed E-state index contributed by atoms with van der Waals surface area (Å²) in [6.45, 7) is 0. The Kier molecular flexibility index (Phi) is 1.98. The van der Waals surface area contributed by atoms with Gasteiger partial charge >= 0.3 is 0 Å². The monoisotopic (exact) mass is 192 g/mol. The zero-order chi connectivity index (χ0) is 9.26. The van der Waals surface area contributed by atoms with Crippen LogP contribution in [0.4, 0.5) is 0 Å². The summed E-state index contributed by atoms with van der Waals surface area (Å²) in [4.78, 5) is 15.4. The molecule has 4 heteroatoms. The quantitative estimate of drug-likeness (QED) is 0.746. The van der Waals surface area contributed by atoms with Crippen LogP contribution in [0.5, 0.6) is 0 Å². The number of thiazole rings is 1. The number of nitrogens with one attached hydrogen (secondary N) is 1. The van der Waals surface area contributed by atoms with Crippen molar-refractivity contribution < 1.29 is 4.79 Å². The third kappa shape index (κ3) is 1.40. The molecule has 0 aliphatic heterocycles. The molecule has 0 atom stereocenters. The Balaban J connectivity index is 2.54. The molecule has 1 heterocycles. The van der Waals surface area contributed by atoms with Gasteiger partial charge in [-0.25, -0.2) is 4.98 Å². The molecule has 0 spiro atoms. The van der Waals surface area contributed by atoms with Crippen LogP contribution in [0.1, 0.15) is 10.4 Å². The lowest BCUT2D eigenvalue weighted by atomic mass is 10.2. The van der Waals surface area contributed by atoms with E-state index in [-0.39, 0.29) is 5.91 Å². The molecule has 0 aliphatic rings. The lowest BCUT2D eigenvalue weighted by Crippen LogP contribution is -2.17. The van der Waals surface area contributed by atoms with E-state index in [0.717, 1.165) is 10.2 Å². The maximum atomic E-state index is 11.3. The molecule has 2 aromatic rings. The highest BCUT2D eigenvalue weighted by atomic mass is 32.1. The van der Waals surface area contributed by atoms with Crippen LogP contribution in [-0.4, -0.2) is 17.9 Å². The number of benzene rings is 1. The zero-order valence-electron chi connectivity index (χ0n) is 7.07. The number of fused-ring (bicyclic) bond motifs is 1. The molecule has 1 N–H and O–H groups in total. The number of amides is 1. The highest BCUT2D eigenvalue weighted by molar-refractivity contribution is 7.16. The van der Waals surface area contributed by atoms with Gasteiger partial charge in [-0.15, -0.1) is 11.3 Å². The Labute approximate surface area is 79.4 Å². The lowest BCUT2D eigenvalue weighted by Gasteiger charge is -1.97. The standard InChI is InChI=1S/C9H8N2OS/c1-10-9(12)6-2-3-7-8(4-6)13-5-11-7/h2-5H,1H3,(H,10,12). The van der Waals surface area contributed by atoms with Crippen LogP contribution in [0.2, 0.25) is 0 Å². The fourth-order valence-corrected chi connectivity index (χ4v) is 1.86. The van der Waals surface area contributed by atoms with E-state index in [0.29, 0.717) is 5.56 Å². The van der Waals surface area contributed by atoms with Gasteiger partial charge in [0.25, 0.3) is 5.91 Å². The average molecular weight is 192 g/mol. The van der Waals surface area contributed by atoms with Gasteiger partial charge in [-0.3, -0.25) is 4.79 Å². The molecule has 0 fully saturated rings. The molecule has 1 amide bonds.